The van der Waals surface area contributed by atoms with Gasteiger partial charge in [-0.2, -0.15) is 11.8 Å². The van der Waals surface area contributed by atoms with Gasteiger partial charge in [0.2, 0.25) is 5.91 Å². The Morgan fingerprint density at radius 2 is 1.70 bits per heavy atom. The van der Waals surface area contributed by atoms with Crippen LogP contribution in [0.3, 0.4) is 0 Å². The first-order valence-corrected chi connectivity index (χ1v) is 18.5. The van der Waals surface area contributed by atoms with Crippen molar-refractivity contribution in [2.24, 2.45) is 0 Å². The zero-order valence-electron chi connectivity index (χ0n) is 23.9. The Morgan fingerprint density at radius 3 is 2.38 bits per heavy atom. The Bertz CT molecular complexity index is 945. The molecule has 1 amide bonds. The van der Waals surface area contributed by atoms with Gasteiger partial charge in [0, 0.05) is 48.4 Å². The van der Waals surface area contributed by atoms with E-state index in [9.17, 15) is 24.6 Å². The highest BCUT2D eigenvalue weighted by Crippen LogP contribution is 2.27. The summed E-state index contributed by atoms with van der Waals surface area (Å²) in [5.74, 6) is 3.44. The molecule has 1 saturated heterocycles. The van der Waals surface area contributed by atoms with Crippen LogP contribution in [0.25, 0.3) is 0 Å². The average Bonchev–Trinajstić information content (AvgIpc) is 3.31. The minimum absolute atomic E-state index is 0.0658. The van der Waals surface area contributed by atoms with Crippen molar-refractivity contribution in [2.45, 2.75) is 109 Å². The van der Waals surface area contributed by atoms with Gasteiger partial charge in [0.1, 0.15) is 12.3 Å². The second kappa shape index (κ2) is 21.7. The highest BCUT2D eigenvalue weighted by molar-refractivity contribution is 8.76. The van der Waals surface area contributed by atoms with Gasteiger partial charge in [-0.25, -0.2) is 4.79 Å². The third kappa shape index (κ3) is 14.3. The van der Waals surface area contributed by atoms with E-state index in [1.54, 1.807) is 22.6 Å². The van der Waals surface area contributed by atoms with Crippen molar-refractivity contribution in [2.75, 3.05) is 36.2 Å². The summed E-state index contributed by atoms with van der Waals surface area (Å²) >= 11 is 1.63. The topological polar surface area (TPSA) is 134 Å². The van der Waals surface area contributed by atoms with Crippen molar-refractivity contribution >= 4 is 39.3 Å². The lowest BCUT2D eigenvalue weighted by molar-refractivity contribution is -0.120. The van der Waals surface area contributed by atoms with Crippen molar-refractivity contribution in [1.29, 1.82) is 0 Å². The molecule has 0 unspecified atom stereocenters. The number of aliphatic hydroxyl groups excluding tert-OH is 2. The lowest BCUT2D eigenvalue weighted by Gasteiger charge is -2.15. The number of thioether (sulfide) groups is 1. The van der Waals surface area contributed by atoms with E-state index in [2.05, 4.69) is 17.2 Å². The van der Waals surface area contributed by atoms with E-state index in [0.29, 0.717) is 30.7 Å². The van der Waals surface area contributed by atoms with Gasteiger partial charge in [-0.05, 0) is 18.6 Å². The van der Waals surface area contributed by atoms with Crippen molar-refractivity contribution in [3.05, 3.63) is 32.6 Å². The quantitative estimate of drug-likeness (QED) is 0.105. The Morgan fingerprint density at radius 1 is 1.02 bits per heavy atom. The fourth-order valence-corrected chi connectivity index (χ4v) is 7.46. The van der Waals surface area contributed by atoms with Gasteiger partial charge in [-0.3, -0.25) is 19.1 Å². The molecule has 0 saturated carbocycles. The molecular formula is C28H49N3O6S3. The molecule has 0 spiro atoms. The number of amides is 1. The van der Waals surface area contributed by atoms with Crippen LogP contribution in [0.15, 0.2) is 15.8 Å². The van der Waals surface area contributed by atoms with Crippen LogP contribution in [-0.4, -0.2) is 74.0 Å². The predicted molar refractivity (Wildman–Crippen MR) is 168 cm³/mol. The fraction of sp³-hybridized carbons (Fsp3) is 0.821. The maximum absolute atomic E-state index is 12.2. The Kier molecular flexibility index (Phi) is 19.2. The molecule has 12 heteroatoms. The zero-order valence-corrected chi connectivity index (χ0v) is 26.4. The van der Waals surface area contributed by atoms with E-state index < -0.39 is 29.7 Å². The number of rotatable bonds is 23. The SMILES string of the molecule is CCCCCCCCCCCCSSCCC(=O)NCCSCCc1cn([C@H]2C[C@H](O)[C@@H](CO)O2)c(=O)[nH]c1=O. The summed E-state index contributed by atoms with van der Waals surface area (Å²) < 4.78 is 6.81. The number of aryl methyl sites for hydroxylation is 1. The monoisotopic (exact) mass is 619 g/mol. The molecular weight excluding hydrogens is 571 g/mol. The summed E-state index contributed by atoms with van der Waals surface area (Å²) in [5, 5.41) is 22.1. The minimum Gasteiger partial charge on any atom is -0.394 e. The van der Waals surface area contributed by atoms with E-state index in [4.69, 9.17) is 4.74 Å². The molecule has 1 aliphatic rings. The molecule has 1 aromatic heterocycles. The fourth-order valence-electron chi connectivity index (χ4n) is 4.51. The molecule has 0 aliphatic carbocycles. The van der Waals surface area contributed by atoms with Crippen LogP contribution in [0.5, 0.6) is 0 Å². The summed E-state index contributed by atoms with van der Waals surface area (Å²) in [6.07, 6.45) is 13.8. The van der Waals surface area contributed by atoms with Gasteiger partial charge in [0.05, 0.1) is 12.7 Å². The number of aliphatic hydroxyl groups is 2. The van der Waals surface area contributed by atoms with Crippen LogP contribution in [0.4, 0.5) is 0 Å². The van der Waals surface area contributed by atoms with Crippen LogP contribution in [-0.2, 0) is 16.0 Å². The van der Waals surface area contributed by atoms with E-state index >= 15 is 0 Å². The first-order chi connectivity index (χ1) is 19.5. The predicted octanol–water partition coefficient (Wildman–Crippen LogP) is 4.26. The summed E-state index contributed by atoms with van der Waals surface area (Å²) in [7, 11) is 3.65. The lowest BCUT2D eigenvalue weighted by atomic mass is 10.1. The van der Waals surface area contributed by atoms with Gasteiger partial charge in [0.15, 0.2) is 0 Å². The number of hydrogen-bond donors (Lipinski definition) is 4. The van der Waals surface area contributed by atoms with Crippen LogP contribution in [0, 0.1) is 0 Å². The summed E-state index contributed by atoms with van der Waals surface area (Å²) in [4.78, 5) is 38.8. The molecule has 9 nitrogen and oxygen atoms in total. The molecule has 3 atom stereocenters. The minimum atomic E-state index is -0.866. The number of nitrogens with zero attached hydrogens (tertiary/aromatic N) is 1. The molecule has 0 bridgehead atoms. The average molecular weight is 620 g/mol. The van der Waals surface area contributed by atoms with Crippen molar-refractivity contribution in [1.82, 2.24) is 14.9 Å². The van der Waals surface area contributed by atoms with Gasteiger partial charge < -0.3 is 20.3 Å². The number of nitrogens with one attached hydrogen (secondary N) is 2. The van der Waals surface area contributed by atoms with Gasteiger partial charge in [-0.15, -0.1) is 0 Å². The molecule has 2 rings (SSSR count). The van der Waals surface area contributed by atoms with Gasteiger partial charge >= 0.3 is 5.69 Å². The smallest absolute Gasteiger partial charge is 0.330 e. The van der Waals surface area contributed by atoms with Gasteiger partial charge in [-0.1, -0.05) is 86.3 Å². The van der Waals surface area contributed by atoms with Crippen molar-refractivity contribution < 1.29 is 19.7 Å². The van der Waals surface area contributed by atoms with E-state index in [1.807, 2.05) is 10.8 Å². The second-order valence-electron chi connectivity index (χ2n) is 10.2. The number of ether oxygens (including phenoxy) is 1. The molecule has 0 radical (unpaired) electrons. The normalized spacial score (nSPS) is 18.8. The van der Waals surface area contributed by atoms with E-state index in [-0.39, 0.29) is 18.9 Å². The van der Waals surface area contributed by atoms with Crippen molar-refractivity contribution in [3.8, 4) is 0 Å². The van der Waals surface area contributed by atoms with Crippen molar-refractivity contribution in [3.63, 3.8) is 0 Å². The molecule has 230 valence electrons. The Labute approximate surface area is 250 Å². The molecule has 0 aromatic carbocycles. The number of hydrogen-bond acceptors (Lipinski definition) is 9. The second-order valence-corrected chi connectivity index (χ2v) is 14.2. The summed E-state index contributed by atoms with van der Waals surface area (Å²) in [5.41, 5.74) is -0.583. The third-order valence-electron chi connectivity index (χ3n) is 6.90. The maximum atomic E-state index is 12.2. The van der Waals surface area contributed by atoms with Gasteiger partial charge in [0.25, 0.3) is 5.56 Å². The van der Waals surface area contributed by atoms with E-state index in [1.165, 1.54) is 75.0 Å². The van der Waals surface area contributed by atoms with E-state index in [0.717, 1.165) is 17.3 Å². The lowest BCUT2D eigenvalue weighted by Crippen LogP contribution is -2.34. The molecule has 2 heterocycles. The molecule has 40 heavy (non-hydrogen) atoms. The summed E-state index contributed by atoms with van der Waals surface area (Å²) in [6, 6.07) is 0. The molecule has 1 aliphatic heterocycles. The van der Waals surface area contributed by atoms with Crippen LogP contribution < -0.4 is 16.6 Å². The number of aromatic amines is 1. The third-order valence-corrected chi connectivity index (χ3v) is 10.4. The van der Waals surface area contributed by atoms with Crippen LogP contribution in [0.1, 0.15) is 95.8 Å². The first kappa shape index (κ1) is 35.3. The van der Waals surface area contributed by atoms with Crippen LogP contribution >= 0.6 is 33.3 Å². The number of carbonyl (C=O) groups is 1. The number of aromatic nitrogens is 2. The number of H-pyrrole nitrogens is 1. The Balaban J connectivity index is 1.46. The highest BCUT2D eigenvalue weighted by Gasteiger charge is 2.35. The molecule has 1 fully saturated rings. The molecule has 1 aromatic rings. The standard InChI is InChI=1S/C28H49N3O6S3/c1-2-3-4-5-6-7-8-9-10-11-15-39-40-17-13-25(34)29-14-18-38-16-12-22-20-31(28(36)30-27(22)35)26-19-23(33)24(21-32)37-26/h20,23-24,26,32-33H,2-19,21H2,1H3,(H,29,34)(H,30,35,36)/t23-,24+,26+/m0/s1. The largest absolute Gasteiger partial charge is 0.394 e. The molecule has 4 N–H and O–H groups in total. The first-order valence-electron chi connectivity index (χ1n) is 14.8. The summed E-state index contributed by atoms with van der Waals surface area (Å²) in [6.45, 7) is 2.49. The number of carbonyl (C=O) groups excluding carboxylic acids is 1. The zero-order chi connectivity index (χ0) is 29.0. The van der Waals surface area contributed by atoms with Crippen LogP contribution in [0.2, 0.25) is 0 Å². The number of unbranched alkanes of at least 4 members (excludes halogenated alkanes) is 9. The maximum Gasteiger partial charge on any atom is 0.330 e. The highest BCUT2D eigenvalue weighted by atomic mass is 33.1. The Hall–Kier alpha value is -0.920.